The number of methoxy groups -OCH3 is 1. The van der Waals surface area contributed by atoms with Crippen LogP contribution < -0.4 is 5.32 Å². The molecule has 3 rings (SSSR count). The van der Waals surface area contributed by atoms with Crippen molar-refractivity contribution in [1.29, 1.82) is 0 Å². The van der Waals surface area contributed by atoms with Gasteiger partial charge in [-0.05, 0) is 63.8 Å². The van der Waals surface area contributed by atoms with Crippen LogP contribution in [0.2, 0.25) is 0 Å². The Morgan fingerprint density at radius 2 is 1.64 bits per heavy atom. The van der Waals surface area contributed by atoms with Crippen molar-refractivity contribution < 1.29 is 23.9 Å². The molecule has 0 aliphatic carbocycles. The van der Waals surface area contributed by atoms with Gasteiger partial charge in [0.25, 0.3) is 5.91 Å². The molecule has 0 spiro atoms. The number of benzene rings is 2. The van der Waals surface area contributed by atoms with Gasteiger partial charge in [-0.3, -0.25) is 9.59 Å². The van der Waals surface area contributed by atoms with Gasteiger partial charge in [0.05, 0.1) is 13.0 Å². The lowest BCUT2D eigenvalue weighted by molar-refractivity contribution is -0.146. The minimum Gasteiger partial charge on any atom is -0.469 e. The van der Waals surface area contributed by atoms with Gasteiger partial charge >= 0.3 is 12.1 Å². The quantitative estimate of drug-likeness (QED) is 0.423. The lowest BCUT2D eigenvalue weighted by atomic mass is 9.91. The van der Waals surface area contributed by atoms with Crippen LogP contribution in [0.5, 0.6) is 0 Å². The van der Waals surface area contributed by atoms with Crippen molar-refractivity contribution in [3.8, 4) is 11.1 Å². The maximum Gasteiger partial charge on any atom is 0.410 e. The molecule has 2 atom stereocenters. The average Bonchev–Trinajstić information content (AvgIpc) is 2.86. The summed E-state index contributed by atoms with van der Waals surface area (Å²) < 4.78 is 10.5. The van der Waals surface area contributed by atoms with Crippen molar-refractivity contribution in [2.45, 2.75) is 52.2 Å². The Morgan fingerprint density at radius 3 is 2.25 bits per heavy atom. The normalized spacial score (nSPS) is 15.4. The summed E-state index contributed by atoms with van der Waals surface area (Å²) in [6.07, 6.45) is 2.73. The monoisotopic (exact) mass is 492 g/mol. The summed E-state index contributed by atoms with van der Waals surface area (Å²) in [5.41, 5.74) is 2.97. The van der Waals surface area contributed by atoms with Crippen molar-refractivity contribution in [3.63, 3.8) is 0 Å². The first-order valence-corrected chi connectivity index (χ1v) is 12.3. The van der Waals surface area contributed by atoms with Crippen LogP contribution in [-0.4, -0.2) is 54.7 Å². The van der Waals surface area contributed by atoms with E-state index in [1.165, 1.54) is 7.11 Å². The standard InChI is InChI=1S/C29H36N2O5/c1-20(30-26(32)24-15-13-23(14-16-24)22-11-7-6-8-12-22)25(27(33)35-5)18-21-10-9-17-31(19-21)28(34)36-29(2,3)4/h6-8,10-16,20,25H,9,17-19H2,1-5H3,(H,30,32)/t20-,25-/m1/s1. The first-order chi connectivity index (χ1) is 17.1. The second kappa shape index (κ2) is 11.9. The Labute approximate surface area is 213 Å². The Kier molecular flexibility index (Phi) is 8.91. The number of hydrogen-bond donors (Lipinski definition) is 1. The molecule has 0 fully saturated rings. The Morgan fingerprint density at radius 1 is 1.00 bits per heavy atom. The summed E-state index contributed by atoms with van der Waals surface area (Å²) in [6, 6.07) is 16.8. The van der Waals surface area contributed by atoms with Crippen LogP contribution in [0.15, 0.2) is 66.2 Å². The van der Waals surface area contributed by atoms with E-state index in [1.54, 1.807) is 24.0 Å². The number of esters is 1. The van der Waals surface area contributed by atoms with E-state index in [9.17, 15) is 14.4 Å². The van der Waals surface area contributed by atoms with Crippen LogP contribution in [0, 0.1) is 5.92 Å². The SMILES string of the molecule is COC(=O)[C@H](CC1=CCCN(C(=O)OC(C)(C)C)C1)[C@@H](C)NC(=O)c1ccc(-c2ccccc2)cc1. The molecule has 0 bridgehead atoms. The highest BCUT2D eigenvalue weighted by molar-refractivity contribution is 5.95. The van der Waals surface area contributed by atoms with E-state index in [0.717, 1.165) is 16.7 Å². The Hall–Kier alpha value is -3.61. The fraction of sp³-hybridized carbons (Fsp3) is 0.414. The lowest BCUT2D eigenvalue weighted by Crippen LogP contribution is -2.44. The topological polar surface area (TPSA) is 84.9 Å². The molecule has 1 heterocycles. The van der Waals surface area contributed by atoms with Crippen LogP contribution in [-0.2, 0) is 14.3 Å². The van der Waals surface area contributed by atoms with Gasteiger partial charge in [0.2, 0.25) is 0 Å². The maximum absolute atomic E-state index is 12.9. The molecular weight excluding hydrogens is 456 g/mol. The lowest BCUT2D eigenvalue weighted by Gasteiger charge is -2.32. The second-order valence-electron chi connectivity index (χ2n) is 10.1. The zero-order chi connectivity index (χ0) is 26.3. The molecule has 7 heteroatoms. The van der Waals surface area contributed by atoms with Gasteiger partial charge in [-0.1, -0.05) is 54.1 Å². The van der Waals surface area contributed by atoms with Crippen molar-refractivity contribution in [1.82, 2.24) is 10.2 Å². The van der Waals surface area contributed by atoms with E-state index in [2.05, 4.69) is 5.32 Å². The van der Waals surface area contributed by atoms with Gasteiger partial charge < -0.3 is 19.7 Å². The molecule has 0 radical (unpaired) electrons. The third-order valence-electron chi connectivity index (χ3n) is 6.08. The highest BCUT2D eigenvalue weighted by atomic mass is 16.6. The summed E-state index contributed by atoms with van der Waals surface area (Å²) in [5.74, 6) is -1.26. The molecule has 2 amide bonds. The molecule has 0 aromatic heterocycles. The van der Waals surface area contributed by atoms with Crippen LogP contribution in [0.3, 0.4) is 0 Å². The molecule has 1 N–H and O–H groups in total. The predicted molar refractivity (Wildman–Crippen MR) is 139 cm³/mol. The number of rotatable bonds is 7. The zero-order valence-corrected chi connectivity index (χ0v) is 21.7. The van der Waals surface area contributed by atoms with E-state index >= 15 is 0 Å². The largest absolute Gasteiger partial charge is 0.469 e. The highest BCUT2D eigenvalue weighted by Gasteiger charge is 2.31. The summed E-state index contributed by atoms with van der Waals surface area (Å²) in [5, 5.41) is 2.95. The van der Waals surface area contributed by atoms with Crippen LogP contribution in [0.25, 0.3) is 11.1 Å². The average molecular weight is 493 g/mol. The molecule has 1 aliphatic rings. The van der Waals surface area contributed by atoms with E-state index in [4.69, 9.17) is 9.47 Å². The highest BCUT2D eigenvalue weighted by Crippen LogP contribution is 2.24. The molecule has 0 saturated carbocycles. The second-order valence-corrected chi connectivity index (χ2v) is 10.1. The van der Waals surface area contributed by atoms with E-state index in [-0.39, 0.29) is 12.0 Å². The van der Waals surface area contributed by atoms with Crippen LogP contribution in [0.4, 0.5) is 4.79 Å². The van der Waals surface area contributed by atoms with Gasteiger partial charge in [0.1, 0.15) is 5.60 Å². The number of carbonyl (C=O) groups is 3. The number of hydrogen-bond acceptors (Lipinski definition) is 5. The minimum atomic E-state index is -0.590. The number of amides is 2. The van der Waals surface area contributed by atoms with Crippen LogP contribution in [0.1, 0.15) is 50.9 Å². The molecule has 0 saturated heterocycles. The molecule has 1 aliphatic heterocycles. The van der Waals surface area contributed by atoms with Crippen molar-refractivity contribution in [2.75, 3.05) is 20.2 Å². The van der Waals surface area contributed by atoms with Gasteiger partial charge in [-0.15, -0.1) is 0 Å². The summed E-state index contributed by atoms with van der Waals surface area (Å²) in [6.45, 7) is 8.23. The Balaban J connectivity index is 1.65. The van der Waals surface area contributed by atoms with Gasteiger partial charge in [0, 0.05) is 24.7 Å². The van der Waals surface area contributed by atoms with Crippen molar-refractivity contribution >= 4 is 18.0 Å². The molecule has 2 aromatic carbocycles. The third-order valence-corrected chi connectivity index (χ3v) is 6.08. The number of nitrogens with one attached hydrogen (secondary N) is 1. The summed E-state index contributed by atoms with van der Waals surface area (Å²) >= 11 is 0. The molecule has 2 aromatic rings. The van der Waals surface area contributed by atoms with E-state index < -0.39 is 23.5 Å². The van der Waals surface area contributed by atoms with Crippen LogP contribution >= 0.6 is 0 Å². The maximum atomic E-state index is 12.9. The smallest absolute Gasteiger partial charge is 0.410 e. The van der Waals surface area contributed by atoms with E-state index in [0.29, 0.717) is 31.5 Å². The fourth-order valence-electron chi connectivity index (χ4n) is 4.18. The number of ether oxygens (including phenoxy) is 2. The third kappa shape index (κ3) is 7.44. The van der Waals surface area contributed by atoms with Gasteiger partial charge in [-0.25, -0.2) is 4.79 Å². The van der Waals surface area contributed by atoms with Gasteiger partial charge in [-0.2, -0.15) is 0 Å². The summed E-state index contributed by atoms with van der Waals surface area (Å²) in [4.78, 5) is 39.7. The molecular formula is C29H36N2O5. The molecule has 36 heavy (non-hydrogen) atoms. The first kappa shape index (κ1) is 27.0. The fourth-order valence-corrected chi connectivity index (χ4v) is 4.18. The Bertz CT molecular complexity index is 1090. The van der Waals surface area contributed by atoms with Crippen molar-refractivity contribution in [3.05, 3.63) is 71.8 Å². The number of carbonyl (C=O) groups excluding carboxylic acids is 3. The first-order valence-electron chi connectivity index (χ1n) is 12.3. The molecule has 192 valence electrons. The zero-order valence-electron chi connectivity index (χ0n) is 21.7. The minimum absolute atomic E-state index is 0.260. The predicted octanol–water partition coefficient (Wildman–Crippen LogP) is 5.22. The molecule has 7 nitrogen and oxygen atoms in total. The van der Waals surface area contributed by atoms with Gasteiger partial charge in [0.15, 0.2) is 0 Å². The molecule has 0 unspecified atom stereocenters. The van der Waals surface area contributed by atoms with E-state index in [1.807, 2.05) is 69.3 Å². The van der Waals surface area contributed by atoms with Crippen molar-refractivity contribution in [2.24, 2.45) is 5.92 Å². The summed E-state index contributed by atoms with van der Waals surface area (Å²) in [7, 11) is 1.34. The number of nitrogens with zero attached hydrogens (tertiary/aromatic N) is 1.